The molecular weight excluding hydrogens is 350 g/mol. The SMILES string of the molecule is Cc1ccc(C(=O)OCC(=O)N[C@@H](C)c2ccc3c(c2)OCCO3)c(O)c1. The minimum atomic E-state index is -0.755. The first-order valence-corrected chi connectivity index (χ1v) is 8.59. The number of nitrogens with one attached hydrogen (secondary N) is 1. The Kier molecular flexibility index (Phi) is 5.49. The molecule has 0 aliphatic carbocycles. The molecule has 1 heterocycles. The van der Waals surface area contributed by atoms with E-state index in [-0.39, 0.29) is 17.4 Å². The molecule has 0 radical (unpaired) electrons. The van der Waals surface area contributed by atoms with Crippen molar-refractivity contribution in [3.63, 3.8) is 0 Å². The first-order valence-electron chi connectivity index (χ1n) is 8.59. The third-order valence-electron chi connectivity index (χ3n) is 4.15. The van der Waals surface area contributed by atoms with Crippen LogP contribution in [0.2, 0.25) is 0 Å². The number of ether oxygens (including phenoxy) is 3. The lowest BCUT2D eigenvalue weighted by Gasteiger charge is -2.21. The zero-order valence-electron chi connectivity index (χ0n) is 15.2. The fourth-order valence-electron chi connectivity index (χ4n) is 2.72. The van der Waals surface area contributed by atoms with Crippen LogP contribution in [0.5, 0.6) is 17.2 Å². The molecule has 0 saturated heterocycles. The highest BCUT2D eigenvalue weighted by Gasteiger charge is 2.18. The topological polar surface area (TPSA) is 94.1 Å². The maximum absolute atomic E-state index is 12.1. The number of phenols is 1. The number of hydrogen-bond acceptors (Lipinski definition) is 6. The predicted octanol–water partition coefficient (Wildman–Crippen LogP) is 2.51. The number of hydrogen-bond donors (Lipinski definition) is 2. The number of phenolic OH excluding ortho intramolecular Hbond substituents is 1. The van der Waals surface area contributed by atoms with Gasteiger partial charge in [0.25, 0.3) is 5.91 Å². The van der Waals surface area contributed by atoms with Crippen molar-refractivity contribution in [2.24, 2.45) is 0 Å². The smallest absolute Gasteiger partial charge is 0.342 e. The van der Waals surface area contributed by atoms with Gasteiger partial charge in [0.05, 0.1) is 6.04 Å². The van der Waals surface area contributed by atoms with Gasteiger partial charge in [-0.2, -0.15) is 0 Å². The van der Waals surface area contributed by atoms with Crippen molar-refractivity contribution in [1.29, 1.82) is 0 Å². The van der Waals surface area contributed by atoms with E-state index < -0.39 is 18.5 Å². The van der Waals surface area contributed by atoms with Crippen molar-refractivity contribution in [2.75, 3.05) is 19.8 Å². The van der Waals surface area contributed by atoms with Crippen LogP contribution in [-0.4, -0.2) is 36.8 Å². The summed E-state index contributed by atoms with van der Waals surface area (Å²) in [6.45, 7) is 4.17. The summed E-state index contributed by atoms with van der Waals surface area (Å²) in [5, 5.41) is 12.6. The number of fused-ring (bicyclic) bond motifs is 1. The quantitative estimate of drug-likeness (QED) is 0.785. The minimum Gasteiger partial charge on any atom is -0.507 e. The van der Waals surface area contributed by atoms with Crippen LogP contribution in [0.15, 0.2) is 36.4 Å². The second-order valence-electron chi connectivity index (χ2n) is 6.29. The molecule has 0 fully saturated rings. The molecule has 27 heavy (non-hydrogen) atoms. The Morgan fingerprint density at radius 1 is 1.15 bits per heavy atom. The molecule has 0 bridgehead atoms. The standard InChI is InChI=1S/C20H21NO6/c1-12-3-5-15(16(22)9-12)20(24)27-11-19(23)21-13(2)14-4-6-17-18(10-14)26-8-7-25-17/h3-6,9-10,13,22H,7-8,11H2,1-2H3,(H,21,23)/t13-/m0/s1. The molecule has 1 aliphatic rings. The zero-order chi connectivity index (χ0) is 19.4. The molecule has 0 unspecified atom stereocenters. The van der Waals surface area contributed by atoms with Crippen molar-refractivity contribution in [3.8, 4) is 17.2 Å². The van der Waals surface area contributed by atoms with E-state index in [1.54, 1.807) is 19.1 Å². The van der Waals surface area contributed by atoms with E-state index in [1.165, 1.54) is 12.1 Å². The third kappa shape index (κ3) is 4.49. The Morgan fingerprint density at radius 3 is 2.63 bits per heavy atom. The van der Waals surface area contributed by atoms with Gasteiger partial charge >= 0.3 is 5.97 Å². The Labute approximate surface area is 156 Å². The average molecular weight is 371 g/mol. The van der Waals surface area contributed by atoms with Crippen molar-refractivity contribution in [2.45, 2.75) is 19.9 Å². The Hall–Kier alpha value is -3.22. The van der Waals surface area contributed by atoms with Gasteiger partial charge < -0.3 is 24.6 Å². The highest BCUT2D eigenvalue weighted by molar-refractivity contribution is 5.94. The highest BCUT2D eigenvalue weighted by atomic mass is 16.6. The summed E-state index contributed by atoms with van der Waals surface area (Å²) in [7, 11) is 0. The summed E-state index contributed by atoms with van der Waals surface area (Å²) < 4.78 is 16.0. The van der Waals surface area contributed by atoms with E-state index >= 15 is 0 Å². The summed E-state index contributed by atoms with van der Waals surface area (Å²) in [5.41, 5.74) is 1.68. The van der Waals surface area contributed by atoms with Gasteiger partial charge in [-0.25, -0.2) is 4.79 Å². The van der Waals surface area contributed by atoms with E-state index in [0.29, 0.717) is 24.7 Å². The first kappa shape index (κ1) is 18.6. The van der Waals surface area contributed by atoms with Crippen molar-refractivity contribution in [3.05, 3.63) is 53.1 Å². The maximum atomic E-state index is 12.1. The van der Waals surface area contributed by atoms with E-state index in [2.05, 4.69) is 5.32 Å². The van der Waals surface area contributed by atoms with Gasteiger partial charge in [-0.05, 0) is 49.2 Å². The maximum Gasteiger partial charge on any atom is 0.342 e. The lowest BCUT2D eigenvalue weighted by atomic mass is 10.1. The summed E-state index contributed by atoms with van der Waals surface area (Å²) in [4.78, 5) is 24.1. The number of carbonyl (C=O) groups is 2. The fourth-order valence-corrected chi connectivity index (χ4v) is 2.72. The molecule has 7 nitrogen and oxygen atoms in total. The van der Waals surface area contributed by atoms with Gasteiger partial charge in [0.2, 0.25) is 0 Å². The predicted molar refractivity (Wildman–Crippen MR) is 97.1 cm³/mol. The lowest BCUT2D eigenvalue weighted by molar-refractivity contribution is -0.124. The molecule has 0 saturated carbocycles. The van der Waals surface area contributed by atoms with E-state index in [4.69, 9.17) is 14.2 Å². The van der Waals surface area contributed by atoms with E-state index in [0.717, 1.165) is 11.1 Å². The number of amides is 1. The van der Waals surface area contributed by atoms with Gasteiger partial charge in [0.1, 0.15) is 24.5 Å². The molecule has 2 N–H and O–H groups in total. The number of aryl methyl sites for hydroxylation is 1. The molecule has 7 heteroatoms. The molecule has 3 rings (SSSR count). The number of benzene rings is 2. The van der Waals surface area contributed by atoms with Crippen molar-refractivity contribution >= 4 is 11.9 Å². The molecule has 1 aliphatic heterocycles. The van der Waals surface area contributed by atoms with Crippen LogP contribution in [0, 0.1) is 6.92 Å². The third-order valence-corrected chi connectivity index (χ3v) is 4.15. The van der Waals surface area contributed by atoms with Crippen LogP contribution in [0.25, 0.3) is 0 Å². The average Bonchev–Trinajstić information content (AvgIpc) is 2.65. The van der Waals surface area contributed by atoms with Crippen LogP contribution in [0.1, 0.15) is 34.5 Å². The van der Waals surface area contributed by atoms with Crippen LogP contribution in [-0.2, 0) is 9.53 Å². The van der Waals surface area contributed by atoms with Crippen LogP contribution in [0.3, 0.4) is 0 Å². The molecule has 2 aromatic rings. The molecular formula is C20H21NO6. The highest BCUT2D eigenvalue weighted by Crippen LogP contribution is 2.32. The number of aromatic hydroxyl groups is 1. The fraction of sp³-hybridized carbons (Fsp3) is 0.300. The normalized spacial score (nSPS) is 13.6. The second kappa shape index (κ2) is 7.99. The van der Waals surface area contributed by atoms with Gasteiger partial charge in [-0.1, -0.05) is 12.1 Å². The van der Waals surface area contributed by atoms with E-state index in [1.807, 2.05) is 19.1 Å². The molecule has 2 aromatic carbocycles. The molecule has 1 atom stereocenters. The summed E-state index contributed by atoms with van der Waals surface area (Å²) >= 11 is 0. The van der Waals surface area contributed by atoms with Gasteiger partial charge in [0.15, 0.2) is 18.1 Å². The van der Waals surface area contributed by atoms with E-state index in [9.17, 15) is 14.7 Å². The summed E-state index contributed by atoms with van der Waals surface area (Å²) in [6.07, 6.45) is 0. The molecule has 0 spiro atoms. The van der Waals surface area contributed by atoms with Crippen LogP contribution >= 0.6 is 0 Å². The summed E-state index contributed by atoms with van der Waals surface area (Å²) in [6, 6.07) is 9.75. The summed E-state index contributed by atoms with van der Waals surface area (Å²) in [5.74, 6) is -0.0616. The second-order valence-corrected chi connectivity index (χ2v) is 6.29. The zero-order valence-corrected chi connectivity index (χ0v) is 15.2. The number of rotatable bonds is 5. The first-order chi connectivity index (χ1) is 12.9. The lowest BCUT2D eigenvalue weighted by Crippen LogP contribution is -2.31. The molecule has 0 aromatic heterocycles. The Morgan fingerprint density at radius 2 is 1.89 bits per heavy atom. The largest absolute Gasteiger partial charge is 0.507 e. The minimum absolute atomic E-state index is 0.0216. The van der Waals surface area contributed by atoms with Crippen LogP contribution in [0.4, 0.5) is 0 Å². The monoisotopic (exact) mass is 371 g/mol. The van der Waals surface area contributed by atoms with Crippen molar-refractivity contribution in [1.82, 2.24) is 5.32 Å². The molecule has 142 valence electrons. The Balaban J connectivity index is 1.55. The van der Waals surface area contributed by atoms with Gasteiger partial charge in [-0.15, -0.1) is 0 Å². The number of carbonyl (C=O) groups excluding carboxylic acids is 2. The van der Waals surface area contributed by atoms with Gasteiger partial charge in [-0.3, -0.25) is 4.79 Å². The van der Waals surface area contributed by atoms with Crippen LogP contribution < -0.4 is 14.8 Å². The van der Waals surface area contributed by atoms with Crippen molar-refractivity contribution < 1.29 is 28.9 Å². The Bertz CT molecular complexity index is 864. The van der Waals surface area contributed by atoms with Gasteiger partial charge in [0, 0.05) is 0 Å². The number of esters is 1. The molecule has 1 amide bonds.